The lowest BCUT2D eigenvalue weighted by Crippen LogP contribution is -1.95. The first-order valence-electron chi connectivity index (χ1n) is 3.95. The minimum Gasteiger partial charge on any atom is -0.493 e. The van der Waals surface area contributed by atoms with Crippen molar-refractivity contribution in [3.63, 3.8) is 0 Å². The average molecular weight is 174 g/mol. The highest BCUT2D eigenvalue weighted by Gasteiger charge is 2.05. The highest BCUT2D eigenvalue weighted by molar-refractivity contribution is 5.77. The molecule has 0 aliphatic carbocycles. The van der Waals surface area contributed by atoms with Crippen LogP contribution in [0, 0.1) is 11.3 Å². The summed E-state index contributed by atoms with van der Waals surface area (Å²) in [6.45, 7) is 6.06. The lowest BCUT2D eigenvalue weighted by molar-refractivity contribution is 0.339. The molecule has 1 aromatic heterocycles. The van der Waals surface area contributed by atoms with Crippen molar-refractivity contribution in [3.8, 4) is 11.8 Å². The zero-order chi connectivity index (χ0) is 9.68. The van der Waals surface area contributed by atoms with E-state index in [9.17, 15) is 0 Å². The fourth-order valence-electron chi connectivity index (χ4n) is 0.950. The summed E-state index contributed by atoms with van der Waals surface area (Å²) in [6, 6.07) is 3.69. The summed E-state index contributed by atoms with van der Waals surface area (Å²) in [5.74, 6) is 0.657. The molecule has 0 bridgehead atoms. The smallest absolute Gasteiger partial charge is 0.130 e. The van der Waals surface area contributed by atoms with E-state index in [4.69, 9.17) is 10.00 Å². The summed E-state index contributed by atoms with van der Waals surface area (Å²) in [6.07, 6.45) is 3.20. The fourth-order valence-corrected chi connectivity index (χ4v) is 0.950. The van der Waals surface area contributed by atoms with Crippen LogP contribution in [0.1, 0.15) is 12.5 Å². The molecule has 0 N–H and O–H groups in total. The van der Waals surface area contributed by atoms with Crippen LogP contribution in [0.15, 0.2) is 25.0 Å². The van der Waals surface area contributed by atoms with Crippen molar-refractivity contribution in [2.24, 2.45) is 0 Å². The van der Waals surface area contributed by atoms with E-state index in [0.717, 1.165) is 0 Å². The molecule has 0 amide bonds. The first kappa shape index (κ1) is 9.27. The molecule has 1 heterocycles. The maximum Gasteiger partial charge on any atom is 0.130 e. The topological polar surface area (TPSA) is 45.9 Å². The minimum absolute atomic E-state index is 0.372. The molecule has 0 saturated heterocycles. The van der Waals surface area contributed by atoms with Crippen molar-refractivity contribution in [2.45, 2.75) is 6.92 Å². The van der Waals surface area contributed by atoms with Gasteiger partial charge in [-0.05, 0) is 13.0 Å². The molecule has 3 heteroatoms. The Bertz CT molecular complexity index is 352. The Morgan fingerprint density at radius 2 is 2.54 bits per heavy atom. The van der Waals surface area contributed by atoms with E-state index in [-0.39, 0.29) is 0 Å². The molecule has 0 fully saturated rings. The van der Waals surface area contributed by atoms with Crippen LogP contribution in [0.25, 0.3) is 5.57 Å². The van der Waals surface area contributed by atoms with Gasteiger partial charge in [0.2, 0.25) is 0 Å². The molecule has 0 aliphatic heterocycles. The SMILES string of the molecule is C=C(C#N)c1cnccc1OCC. The van der Waals surface area contributed by atoms with Crippen LogP contribution in [-0.2, 0) is 0 Å². The molecule has 0 atom stereocenters. The van der Waals surface area contributed by atoms with Gasteiger partial charge in [-0.1, -0.05) is 6.58 Å². The highest BCUT2D eigenvalue weighted by atomic mass is 16.5. The molecule has 0 unspecified atom stereocenters. The van der Waals surface area contributed by atoms with Crippen LogP contribution in [0.2, 0.25) is 0 Å². The fraction of sp³-hybridized carbons (Fsp3) is 0.200. The lowest BCUT2D eigenvalue weighted by Gasteiger charge is -2.06. The van der Waals surface area contributed by atoms with Crippen molar-refractivity contribution in [3.05, 3.63) is 30.6 Å². The van der Waals surface area contributed by atoms with Gasteiger partial charge in [0.15, 0.2) is 0 Å². The predicted octanol–water partition coefficient (Wildman–Crippen LogP) is 2.02. The Hall–Kier alpha value is -1.82. The third-order valence-electron chi connectivity index (χ3n) is 1.54. The van der Waals surface area contributed by atoms with Gasteiger partial charge in [-0.15, -0.1) is 0 Å². The number of nitrogens with zero attached hydrogens (tertiary/aromatic N) is 2. The molecule has 0 spiro atoms. The summed E-state index contributed by atoms with van der Waals surface area (Å²) in [7, 11) is 0. The quantitative estimate of drug-likeness (QED) is 0.658. The monoisotopic (exact) mass is 174 g/mol. The first-order chi connectivity index (χ1) is 6.29. The summed E-state index contributed by atoms with van der Waals surface area (Å²) in [5.41, 5.74) is 1.03. The number of hydrogen-bond donors (Lipinski definition) is 0. The molecule has 3 nitrogen and oxygen atoms in total. The zero-order valence-corrected chi connectivity index (χ0v) is 7.45. The molecule has 0 aromatic carbocycles. The van der Waals surface area contributed by atoms with Gasteiger partial charge in [0.1, 0.15) is 5.75 Å². The molecule has 1 aromatic rings. The van der Waals surface area contributed by atoms with Gasteiger partial charge in [-0.3, -0.25) is 4.98 Å². The molecule has 0 radical (unpaired) electrons. The third-order valence-corrected chi connectivity index (χ3v) is 1.54. The van der Waals surface area contributed by atoms with E-state index in [1.165, 1.54) is 0 Å². The number of pyridine rings is 1. The Kier molecular flexibility index (Phi) is 3.04. The van der Waals surface area contributed by atoms with Gasteiger partial charge >= 0.3 is 0 Å². The van der Waals surface area contributed by atoms with E-state index < -0.39 is 0 Å². The van der Waals surface area contributed by atoms with Gasteiger partial charge in [-0.25, -0.2) is 0 Å². The van der Waals surface area contributed by atoms with Gasteiger partial charge in [-0.2, -0.15) is 5.26 Å². The van der Waals surface area contributed by atoms with Crippen molar-refractivity contribution >= 4 is 5.57 Å². The maximum atomic E-state index is 8.65. The van der Waals surface area contributed by atoms with E-state index in [1.54, 1.807) is 18.5 Å². The zero-order valence-electron chi connectivity index (χ0n) is 7.45. The summed E-state index contributed by atoms with van der Waals surface area (Å²) in [5, 5.41) is 8.65. The molecule has 1 rings (SSSR count). The molecule has 0 saturated carbocycles. The van der Waals surface area contributed by atoms with E-state index >= 15 is 0 Å². The van der Waals surface area contributed by atoms with Crippen LogP contribution < -0.4 is 4.74 Å². The lowest BCUT2D eigenvalue weighted by atomic mass is 10.1. The summed E-state index contributed by atoms with van der Waals surface area (Å²) >= 11 is 0. The molecular weight excluding hydrogens is 164 g/mol. The number of ether oxygens (including phenoxy) is 1. The standard InChI is InChI=1S/C10H10N2O/c1-3-13-10-4-5-12-7-9(10)8(2)6-11/h4-5,7H,2-3H2,1H3. The van der Waals surface area contributed by atoms with Gasteiger partial charge in [0.25, 0.3) is 0 Å². The Labute approximate surface area is 77.3 Å². The number of aromatic nitrogens is 1. The largest absolute Gasteiger partial charge is 0.493 e. The van der Waals surface area contributed by atoms with Gasteiger partial charge in [0, 0.05) is 12.4 Å². The van der Waals surface area contributed by atoms with E-state index in [1.807, 2.05) is 13.0 Å². The Morgan fingerprint density at radius 1 is 1.77 bits per heavy atom. The molecular formula is C10H10N2O. The van der Waals surface area contributed by atoms with Gasteiger partial charge < -0.3 is 4.74 Å². The van der Waals surface area contributed by atoms with E-state index in [0.29, 0.717) is 23.5 Å². The van der Waals surface area contributed by atoms with Crippen LogP contribution in [0.4, 0.5) is 0 Å². The molecule has 66 valence electrons. The molecule has 13 heavy (non-hydrogen) atoms. The summed E-state index contributed by atoms with van der Waals surface area (Å²) in [4.78, 5) is 3.90. The second-order valence-electron chi connectivity index (χ2n) is 2.40. The second kappa shape index (κ2) is 4.27. The normalized spacial score (nSPS) is 8.92. The second-order valence-corrected chi connectivity index (χ2v) is 2.40. The number of hydrogen-bond acceptors (Lipinski definition) is 3. The number of nitriles is 1. The van der Waals surface area contributed by atoms with Crippen LogP contribution in [0.5, 0.6) is 5.75 Å². The number of rotatable bonds is 3. The average Bonchev–Trinajstić information content (AvgIpc) is 2.18. The van der Waals surface area contributed by atoms with Crippen molar-refractivity contribution in [1.82, 2.24) is 4.98 Å². The minimum atomic E-state index is 0.372. The molecule has 0 aliphatic rings. The third kappa shape index (κ3) is 2.06. The first-order valence-corrected chi connectivity index (χ1v) is 3.95. The Morgan fingerprint density at radius 3 is 3.15 bits per heavy atom. The van der Waals surface area contributed by atoms with Crippen molar-refractivity contribution in [1.29, 1.82) is 5.26 Å². The predicted molar refractivity (Wildman–Crippen MR) is 50.1 cm³/mol. The van der Waals surface area contributed by atoms with Crippen molar-refractivity contribution in [2.75, 3.05) is 6.61 Å². The van der Waals surface area contributed by atoms with Crippen LogP contribution in [-0.4, -0.2) is 11.6 Å². The summed E-state index contributed by atoms with van der Waals surface area (Å²) < 4.78 is 5.31. The van der Waals surface area contributed by atoms with E-state index in [2.05, 4.69) is 11.6 Å². The Balaban J connectivity index is 3.06. The van der Waals surface area contributed by atoms with Crippen molar-refractivity contribution < 1.29 is 4.74 Å². The van der Waals surface area contributed by atoms with Crippen LogP contribution in [0.3, 0.4) is 0 Å². The maximum absolute atomic E-state index is 8.65. The van der Waals surface area contributed by atoms with Gasteiger partial charge in [0.05, 0.1) is 23.8 Å². The number of allylic oxidation sites excluding steroid dienone is 1. The van der Waals surface area contributed by atoms with Crippen LogP contribution >= 0.6 is 0 Å². The highest BCUT2D eigenvalue weighted by Crippen LogP contribution is 2.22.